The Morgan fingerprint density at radius 3 is 2.76 bits per heavy atom. The summed E-state index contributed by atoms with van der Waals surface area (Å²) in [6.07, 6.45) is 1.21. The lowest BCUT2D eigenvalue weighted by Crippen LogP contribution is -2.35. The number of thioether (sulfide) groups is 1. The first-order chi connectivity index (χ1) is 9.75. The first-order valence-corrected chi connectivity index (χ1v) is 8.84. The Morgan fingerprint density at radius 1 is 1.29 bits per heavy atom. The highest BCUT2D eigenvalue weighted by molar-refractivity contribution is 8.00. The van der Waals surface area contributed by atoms with Crippen LogP contribution in [0.15, 0.2) is 18.2 Å². The van der Waals surface area contributed by atoms with Crippen molar-refractivity contribution in [3.63, 3.8) is 0 Å². The van der Waals surface area contributed by atoms with Gasteiger partial charge in [-0.15, -0.1) is 0 Å². The summed E-state index contributed by atoms with van der Waals surface area (Å²) in [4.78, 5) is 7.28. The molecule has 2 heterocycles. The maximum Gasteiger partial charge on any atom is 0.128 e. The van der Waals surface area contributed by atoms with Crippen LogP contribution in [0.5, 0.6) is 0 Å². The second kappa shape index (κ2) is 6.57. The minimum atomic E-state index is 0.126. The van der Waals surface area contributed by atoms with Crippen molar-refractivity contribution in [1.29, 1.82) is 0 Å². The monoisotopic (exact) mass is 307 g/mol. The molecule has 1 aromatic rings. The van der Waals surface area contributed by atoms with Crippen LogP contribution in [0.2, 0.25) is 0 Å². The highest BCUT2D eigenvalue weighted by Crippen LogP contribution is 2.31. The summed E-state index contributed by atoms with van der Waals surface area (Å²) in [5, 5.41) is 3.51. The number of anilines is 1. The SMILES string of the molecule is CC(C)(C)NCc1cccc(N2CCSC(C)(C)CC2)n1. The summed E-state index contributed by atoms with van der Waals surface area (Å²) in [6, 6.07) is 6.38. The van der Waals surface area contributed by atoms with Crippen molar-refractivity contribution in [2.75, 3.05) is 23.7 Å². The Balaban J connectivity index is 2.03. The lowest BCUT2D eigenvalue weighted by molar-refractivity contribution is 0.421. The zero-order valence-corrected chi connectivity index (χ0v) is 14.9. The molecule has 0 atom stereocenters. The molecule has 0 amide bonds. The molecular weight excluding hydrogens is 278 g/mol. The predicted molar refractivity (Wildman–Crippen MR) is 94.2 cm³/mol. The van der Waals surface area contributed by atoms with Crippen molar-refractivity contribution in [3.8, 4) is 0 Å². The molecule has 2 rings (SSSR count). The Kier molecular flexibility index (Phi) is 5.20. The van der Waals surface area contributed by atoms with E-state index in [4.69, 9.17) is 4.98 Å². The van der Waals surface area contributed by atoms with Crippen LogP contribution < -0.4 is 10.2 Å². The fourth-order valence-corrected chi connectivity index (χ4v) is 3.45. The molecule has 0 bridgehead atoms. The summed E-state index contributed by atoms with van der Waals surface area (Å²) in [5.74, 6) is 2.31. The molecule has 1 N–H and O–H groups in total. The van der Waals surface area contributed by atoms with Gasteiger partial charge in [0.2, 0.25) is 0 Å². The van der Waals surface area contributed by atoms with Gasteiger partial charge in [0.1, 0.15) is 5.82 Å². The van der Waals surface area contributed by atoms with E-state index in [1.807, 2.05) is 0 Å². The molecule has 1 aliphatic rings. The van der Waals surface area contributed by atoms with Crippen molar-refractivity contribution in [2.24, 2.45) is 0 Å². The molecule has 0 saturated carbocycles. The van der Waals surface area contributed by atoms with Gasteiger partial charge in [-0.05, 0) is 39.3 Å². The Morgan fingerprint density at radius 2 is 2.05 bits per heavy atom. The Bertz CT molecular complexity index is 465. The van der Waals surface area contributed by atoms with Crippen molar-refractivity contribution >= 4 is 17.6 Å². The van der Waals surface area contributed by atoms with Crippen molar-refractivity contribution in [2.45, 2.75) is 57.9 Å². The van der Waals surface area contributed by atoms with E-state index < -0.39 is 0 Å². The topological polar surface area (TPSA) is 28.2 Å². The first kappa shape index (κ1) is 16.6. The van der Waals surface area contributed by atoms with Crippen LogP contribution in [-0.4, -0.2) is 34.1 Å². The van der Waals surface area contributed by atoms with Gasteiger partial charge >= 0.3 is 0 Å². The summed E-state index contributed by atoms with van der Waals surface area (Å²) in [6.45, 7) is 14.3. The molecule has 21 heavy (non-hydrogen) atoms. The average molecular weight is 308 g/mol. The fraction of sp³-hybridized carbons (Fsp3) is 0.706. The average Bonchev–Trinajstić information content (AvgIpc) is 2.57. The van der Waals surface area contributed by atoms with Crippen molar-refractivity contribution in [3.05, 3.63) is 23.9 Å². The summed E-state index contributed by atoms with van der Waals surface area (Å²) in [5.41, 5.74) is 1.25. The third-order valence-electron chi connectivity index (χ3n) is 3.75. The predicted octanol–water partition coefficient (Wildman–Crippen LogP) is 3.69. The Hall–Kier alpha value is -0.740. The molecule has 1 saturated heterocycles. The number of pyridine rings is 1. The van der Waals surface area contributed by atoms with E-state index in [0.717, 1.165) is 31.1 Å². The van der Waals surface area contributed by atoms with Gasteiger partial charge in [0.25, 0.3) is 0 Å². The van der Waals surface area contributed by atoms with Gasteiger partial charge in [0.15, 0.2) is 0 Å². The third-order valence-corrected chi connectivity index (χ3v) is 5.13. The molecule has 1 aromatic heterocycles. The van der Waals surface area contributed by atoms with Crippen LogP contribution in [0.3, 0.4) is 0 Å². The van der Waals surface area contributed by atoms with Gasteiger partial charge in [0.05, 0.1) is 5.69 Å². The van der Waals surface area contributed by atoms with Gasteiger partial charge in [-0.25, -0.2) is 4.98 Å². The van der Waals surface area contributed by atoms with Gasteiger partial charge in [-0.3, -0.25) is 0 Å². The van der Waals surface area contributed by atoms with E-state index >= 15 is 0 Å². The molecule has 118 valence electrons. The maximum atomic E-state index is 4.84. The second-order valence-corrected chi connectivity index (χ2v) is 9.24. The zero-order chi connectivity index (χ0) is 15.5. The number of hydrogen-bond acceptors (Lipinski definition) is 4. The van der Waals surface area contributed by atoms with Gasteiger partial charge in [0, 0.05) is 35.7 Å². The molecule has 3 nitrogen and oxygen atoms in total. The van der Waals surface area contributed by atoms with Crippen LogP contribution in [-0.2, 0) is 6.54 Å². The molecule has 0 aliphatic carbocycles. The van der Waals surface area contributed by atoms with Crippen LogP contribution in [0.25, 0.3) is 0 Å². The molecule has 0 aromatic carbocycles. The van der Waals surface area contributed by atoms with Gasteiger partial charge < -0.3 is 10.2 Å². The second-order valence-electron chi connectivity index (χ2n) is 7.44. The third kappa shape index (κ3) is 5.51. The fourth-order valence-electron chi connectivity index (χ4n) is 2.35. The molecule has 1 aliphatic heterocycles. The van der Waals surface area contributed by atoms with E-state index in [9.17, 15) is 0 Å². The molecule has 4 heteroatoms. The van der Waals surface area contributed by atoms with Gasteiger partial charge in [-0.1, -0.05) is 19.9 Å². The normalized spacial score (nSPS) is 19.4. The highest BCUT2D eigenvalue weighted by atomic mass is 32.2. The van der Waals surface area contributed by atoms with Crippen LogP contribution >= 0.6 is 11.8 Å². The molecule has 0 spiro atoms. The summed E-state index contributed by atoms with van der Waals surface area (Å²) >= 11 is 2.08. The summed E-state index contributed by atoms with van der Waals surface area (Å²) in [7, 11) is 0. The zero-order valence-electron chi connectivity index (χ0n) is 14.1. The smallest absolute Gasteiger partial charge is 0.128 e. The van der Waals surface area contributed by atoms with Crippen LogP contribution in [0, 0.1) is 0 Å². The van der Waals surface area contributed by atoms with E-state index in [0.29, 0.717) is 4.75 Å². The van der Waals surface area contributed by atoms with E-state index in [2.05, 4.69) is 74.8 Å². The van der Waals surface area contributed by atoms with Crippen LogP contribution in [0.4, 0.5) is 5.82 Å². The van der Waals surface area contributed by atoms with E-state index in [1.165, 1.54) is 12.2 Å². The quantitative estimate of drug-likeness (QED) is 0.922. The van der Waals surface area contributed by atoms with E-state index in [-0.39, 0.29) is 5.54 Å². The van der Waals surface area contributed by atoms with Crippen molar-refractivity contribution < 1.29 is 0 Å². The molecule has 0 radical (unpaired) electrons. The summed E-state index contributed by atoms with van der Waals surface area (Å²) < 4.78 is 0.389. The number of rotatable bonds is 3. The number of aromatic nitrogens is 1. The molecule has 0 unspecified atom stereocenters. The Labute approximate surface area is 133 Å². The van der Waals surface area contributed by atoms with Crippen LogP contribution in [0.1, 0.15) is 46.7 Å². The van der Waals surface area contributed by atoms with E-state index in [1.54, 1.807) is 0 Å². The minimum Gasteiger partial charge on any atom is -0.356 e. The highest BCUT2D eigenvalue weighted by Gasteiger charge is 2.24. The first-order valence-electron chi connectivity index (χ1n) is 7.85. The number of hydrogen-bond donors (Lipinski definition) is 1. The molecular formula is C17H29N3S. The molecule has 1 fully saturated rings. The lowest BCUT2D eigenvalue weighted by atomic mass is 10.1. The largest absolute Gasteiger partial charge is 0.356 e. The lowest BCUT2D eigenvalue weighted by Gasteiger charge is -2.24. The van der Waals surface area contributed by atoms with Gasteiger partial charge in [-0.2, -0.15) is 11.8 Å². The van der Waals surface area contributed by atoms with Crippen molar-refractivity contribution in [1.82, 2.24) is 10.3 Å². The maximum absolute atomic E-state index is 4.84. The minimum absolute atomic E-state index is 0.126. The number of nitrogens with one attached hydrogen (secondary N) is 1. The number of nitrogens with zero attached hydrogens (tertiary/aromatic N) is 2. The standard InChI is InChI=1S/C17H29N3S/c1-16(2,3)18-13-14-7-6-8-15(19-14)20-10-9-17(4,5)21-12-11-20/h6-8,18H,9-13H2,1-5H3.